The van der Waals surface area contributed by atoms with Crippen LogP contribution in [-0.2, 0) is 0 Å². The summed E-state index contributed by atoms with van der Waals surface area (Å²) >= 11 is 3.27. The van der Waals surface area contributed by atoms with Gasteiger partial charge in [0.1, 0.15) is 0 Å². The van der Waals surface area contributed by atoms with Crippen molar-refractivity contribution in [3.8, 4) is 0 Å². The topological polar surface area (TPSA) is 15.8 Å². The molecule has 1 heterocycles. The third kappa shape index (κ3) is 1.43. The summed E-state index contributed by atoms with van der Waals surface area (Å²) in [6, 6.07) is 5.33. The largest absolute Gasteiger partial charge is 0.358 e. The summed E-state index contributed by atoms with van der Waals surface area (Å²) in [7, 11) is 0. The van der Waals surface area contributed by atoms with E-state index < -0.39 is 6.43 Å². The summed E-state index contributed by atoms with van der Waals surface area (Å²) < 4.78 is 26.2. The van der Waals surface area contributed by atoms with Crippen LogP contribution in [0.4, 0.5) is 8.78 Å². The quantitative estimate of drug-likeness (QED) is 0.791. The Morgan fingerprint density at radius 1 is 1.36 bits per heavy atom. The summed E-state index contributed by atoms with van der Waals surface area (Å²) in [5, 5.41) is 0.590. The number of nitrogens with one attached hydrogen (secondary N) is 1. The van der Waals surface area contributed by atoms with Crippen LogP contribution in [0.2, 0.25) is 0 Å². The number of fused-ring (bicyclic) bond motifs is 1. The Balaban J connectivity index is 2.79. The minimum Gasteiger partial charge on any atom is -0.358 e. The third-order valence-corrected chi connectivity index (χ3v) is 2.71. The van der Waals surface area contributed by atoms with E-state index in [9.17, 15) is 8.78 Å². The molecule has 1 aromatic heterocycles. The Morgan fingerprint density at radius 2 is 2.07 bits per heavy atom. The van der Waals surface area contributed by atoms with Crippen molar-refractivity contribution in [1.82, 2.24) is 4.98 Å². The predicted octanol–water partition coefficient (Wildman–Crippen LogP) is 4.18. The van der Waals surface area contributed by atoms with Gasteiger partial charge in [-0.1, -0.05) is 15.9 Å². The minimum atomic E-state index is -2.43. The maximum atomic E-state index is 12.7. The first-order chi connectivity index (χ1) is 6.59. The highest BCUT2D eigenvalue weighted by molar-refractivity contribution is 9.10. The molecule has 4 heteroatoms. The van der Waals surface area contributed by atoms with Crippen LogP contribution in [0, 0.1) is 6.92 Å². The Hall–Kier alpha value is -0.900. The number of aromatic amines is 1. The molecule has 0 saturated carbocycles. The van der Waals surface area contributed by atoms with E-state index in [2.05, 4.69) is 20.9 Å². The van der Waals surface area contributed by atoms with Crippen LogP contribution in [0.3, 0.4) is 0 Å². The van der Waals surface area contributed by atoms with Crippen molar-refractivity contribution in [3.05, 3.63) is 33.9 Å². The van der Waals surface area contributed by atoms with Gasteiger partial charge in [-0.25, -0.2) is 8.78 Å². The summed E-state index contributed by atoms with van der Waals surface area (Å²) in [6.45, 7) is 1.66. The normalized spacial score (nSPS) is 11.5. The van der Waals surface area contributed by atoms with Gasteiger partial charge in [-0.2, -0.15) is 0 Å². The highest BCUT2D eigenvalue weighted by Crippen LogP contribution is 2.32. The summed E-state index contributed by atoms with van der Waals surface area (Å²) in [4.78, 5) is 2.93. The first-order valence-corrected chi connectivity index (χ1v) is 4.95. The highest BCUT2D eigenvalue weighted by atomic mass is 79.9. The number of aromatic nitrogens is 1. The second-order valence-corrected chi connectivity index (χ2v) is 4.07. The van der Waals surface area contributed by atoms with Crippen molar-refractivity contribution in [2.75, 3.05) is 0 Å². The second kappa shape index (κ2) is 3.35. The maximum Gasteiger partial charge on any atom is 0.266 e. The lowest BCUT2D eigenvalue weighted by Crippen LogP contribution is -1.84. The van der Waals surface area contributed by atoms with Crippen LogP contribution >= 0.6 is 15.9 Å². The summed E-state index contributed by atoms with van der Waals surface area (Å²) in [5.74, 6) is 0. The number of H-pyrrole nitrogens is 1. The Bertz CT molecular complexity index is 476. The predicted molar refractivity (Wildman–Crippen MR) is 55.7 cm³/mol. The minimum absolute atomic E-state index is 0.0984. The fourth-order valence-corrected chi connectivity index (χ4v) is 1.96. The lowest BCUT2D eigenvalue weighted by atomic mass is 10.1. The average molecular weight is 260 g/mol. The van der Waals surface area contributed by atoms with Gasteiger partial charge in [-0.15, -0.1) is 0 Å². The molecule has 0 aliphatic rings. The van der Waals surface area contributed by atoms with Crippen LogP contribution in [0.1, 0.15) is 17.7 Å². The zero-order valence-corrected chi connectivity index (χ0v) is 9.03. The molecule has 0 atom stereocenters. The van der Waals surface area contributed by atoms with Crippen molar-refractivity contribution < 1.29 is 8.78 Å². The molecule has 74 valence electrons. The molecule has 0 radical (unpaired) electrons. The van der Waals surface area contributed by atoms with E-state index in [0.717, 1.165) is 9.99 Å². The standard InChI is InChI=1S/C10H8BrF2N/c1-5-9(10(12)13)7-4-6(11)2-3-8(7)14-5/h2-4,10,14H,1H3. The van der Waals surface area contributed by atoms with Crippen LogP contribution in [0.5, 0.6) is 0 Å². The van der Waals surface area contributed by atoms with Crippen molar-refractivity contribution >= 4 is 26.8 Å². The maximum absolute atomic E-state index is 12.7. The monoisotopic (exact) mass is 259 g/mol. The molecule has 1 aromatic carbocycles. The van der Waals surface area contributed by atoms with E-state index >= 15 is 0 Å². The molecule has 1 nitrogen and oxygen atoms in total. The molecule has 0 unspecified atom stereocenters. The smallest absolute Gasteiger partial charge is 0.266 e. The molecule has 0 bridgehead atoms. The van der Waals surface area contributed by atoms with E-state index in [1.54, 1.807) is 19.1 Å². The molecular weight excluding hydrogens is 252 g/mol. The highest BCUT2D eigenvalue weighted by Gasteiger charge is 2.16. The second-order valence-electron chi connectivity index (χ2n) is 3.15. The number of halogens is 3. The zero-order valence-electron chi connectivity index (χ0n) is 7.44. The molecule has 2 aromatic rings. The molecule has 0 saturated heterocycles. The van der Waals surface area contributed by atoms with E-state index in [-0.39, 0.29) is 5.56 Å². The SMILES string of the molecule is Cc1[nH]c2ccc(Br)cc2c1C(F)F. The fraction of sp³-hybridized carbons (Fsp3) is 0.200. The molecular formula is C10H8BrF2N. The van der Waals surface area contributed by atoms with Crippen LogP contribution in [0.25, 0.3) is 10.9 Å². The average Bonchev–Trinajstić information content (AvgIpc) is 2.40. The molecule has 2 rings (SSSR count). The van der Waals surface area contributed by atoms with Gasteiger partial charge in [0.05, 0.1) is 0 Å². The van der Waals surface area contributed by atoms with Gasteiger partial charge < -0.3 is 4.98 Å². The van der Waals surface area contributed by atoms with E-state index in [4.69, 9.17) is 0 Å². The van der Waals surface area contributed by atoms with Crippen molar-refractivity contribution in [2.24, 2.45) is 0 Å². The Morgan fingerprint density at radius 3 is 2.71 bits per heavy atom. The van der Waals surface area contributed by atoms with Gasteiger partial charge in [-0.3, -0.25) is 0 Å². The number of benzene rings is 1. The van der Waals surface area contributed by atoms with Crippen molar-refractivity contribution in [1.29, 1.82) is 0 Å². The van der Waals surface area contributed by atoms with Crippen molar-refractivity contribution in [2.45, 2.75) is 13.3 Å². The van der Waals surface area contributed by atoms with Gasteiger partial charge >= 0.3 is 0 Å². The first-order valence-electron chi connectivity index (χ1n) is 4.15. The molecule has 1 N–H and O–H groups in total. The number of rotatable bonds is 1. The number of hydrogen-bond donors (Lipinski definition) is 1. The van der Waals surface area contributed by atoms with E-state index in [1.165, 1.54) is 0 Å². The molecule has 0 aliphatic heterocycles. The fourth-order valence-electron chi connectivity index (χ4n) is 1.60. The number of alkyl halides is 2. The third-order valence-electron chi connectivity index (χ3n) is 2.22. The Labute approximate surface area is 88.3 Å². The number of hydrogen-bond acceptors (Lipinski definition) is 0. The zero-order chi connectivity index (χ0) is 10.3. The number of aryl methyl sites for hydroxylation is 1. The summed E-state index contributed by atoms with van der Waals surface area (Å²) in [5.41, 5.74) is 1.38. The molecule has 0 fully saturated rings. The van der Waals surface area contributed by atoms with Gasteiger partial charge in [0.2, 0.25) is 0 Å². The lowest BCUT2D eigenvalue weighted by Gasteiger charge is -1.98. The van der Waals surface area contributed by atoms with Crippen molar-refractivity contribution in [3.63, 3.8) is 0 Å². The van der Waals surface area contributed by atoms with Crippen LogP contribution in [0.15, 0.2) is 22.7 Å². The van der Waals surface area contributed by atoms with Gasteiger partial charge in [-0.05, 0) is 25.1 Å². The Kier molecular flexibility index (Phi) is 2.31. The first kappa shape index (κ1) is 9.65. The van der Waals surface area contributed by atoms with Crippen LogP contribution in [-0.4, -0.2) is 4.98 Å². The van der Waals surface area contributed by atoms with Gasteiger partial charge in [0, 0.05) is 26.6 Å². The lowest BCUT2D eigenvalue weighted by molar-refractivity contribution is 0.152. The van der Waals surface area contributed by atoms with E-state index in [1.807, 2.05) is 6.07 Å². The molecule has 0 amide bonds. The molecule has 0 aliphatic carbocycles. The van der Waals surface area contributed by atoms with Gasteiger partial charge in [0.15, 0.2) is 0 Å². The van der Waals surface area contributed by atoms with E-state index in [0.29, 0.717) is 11.1 Å². The van der Waals surface area contributed by atoms with Gasteiger partial charge in [0.25, 0.3) is 6.43 Å². The molecule has 0 spiro atoms. The van der Waals surface area contributed by atoms with Crippen LogP contribution < -0.4 is 0 Å². The molecule has 14 heavy (non-hydrogen) atoms. The summed E-state index contributed by atoms with van der Waals surface area (Å²) in [6.07, 6.45) is -2.43.